The van der Waals surface area contributed by atoms with E-state index < -0.39 is 5.60 Å². The van der Waals surface area contributed by atoms with Gasteiger partial charge in [0.25, 0.3) is 5.91 Å². The Morgan fingerprint density at radius 3 is 2.90 bits per heavy atom. The van der Waals surface area contributed by atoms with E-state index in [0.717, 1.165) is 30.6 Å². The summed E-state index contributed by atoms with van der Waals surface area (Å²) in [5.41, 5.74) is 1.98. The highest BCUT2D eigenvalue weighted by molar-refractivity contribution is 5.96. The minimum absolute atomic E-state index is 0.203. The fourth-order valence-corrected chi connectivity index (χ4v) is 2.66. The minimum Gasteiger partial charge on any atom is -0.388 e. The van der Waals surface area contributed by atoms with Gasteiger partial charge in [-0.15, -0.1) is 0 Å². The zero-order chi connectivity index (χ0) is 14.3. The van der Waals surface area contributed by atoms with Gasteiger partial charge in [0.05, 0.1) is 28.7 Å². The molecule has 6 nitrogen and oxygen atoms in total. The number of amides is 1. The van der Waals surface area contributed by atoms with Crippen LogP contribution in [0.3, 0.4) is 0 Å². The van der Waals surface area contributed by atoms with Crippen LogP contribution in [0.15, 0.2) is 12.3 Å². The molecule has 0 saturated heterocycles. The smallest absolute Gasteiger partial charge is 0.255 e. The van der Waals surface area contributed by atoms with Crippen LogP contribution >= 0.6 is 0 Å². The number of nitrogens with zero attached hydrogens (tertiary/aromatic N) is 3. The minimum atomic E-state index is -0.722. The Morgan fingerprint density at radius 1 is 1.50 bits per heavy atom. The molecule has 1 amide bonds. The first-order chi connectivity index (χ1) is 9.50. The largest absolute Gasteiger partial charge is 0.388 e. The molecule has 6 heteroatoms. The maximum absolute atomic E-state index is 12.3. The van der Waals surface area contributed by atoms with Crippen LogP contribution in [0.4, 0.5) is 0 Å². The van der Waals surface area contributed by atoms with Crippen LogP contribution in [0.25, 0.3) is 5.65 Å². The molecule has 1 aliphatic carbocycles. The fraction of sp³-hybridized carbons (Fsp3) is 0.500. The molecule has 0 aromatic carbocycles. The van der Waals surface area contributed by atoms with Crippen molar-refractivity contribution in [3.05, 3.63) is 29.2 Å². The van der Waals surface area contributed by atoms with E-state index in [-0.39, 0.29) is 5.91 Å². The van der Waals surface area contributed by atoms with Crippen LogP contribution in [0.1, 0.15) is 41.0 Å². The second-order valence-corrected chi connectivity index (χ2v) is 5.52. The van der Waals surface area contributed by atoms with Crippen LogP contribution in [-0.4, -0.2) is 37.8 Å². The average Bonchev–Trinajstić information content (AvgIpc) is 2.82. The van der Waals surface area contributed by atoms with E-state index in [2.05, 4.69) is 15.4 Å². The molecule has 0 unspecified atom stereocenters. The number of fused-ring (bicyclic) bond motifs is 1. The second-order valence-electron chi connectivity index (χ2n) is 5.52. The lowest BCUT2D eigenvalue weighted by Gasteiger charge is -2.36. The Labute approximate surface area is 116 Å². The molecule has 0 aliphatic heterocycles. The maximum Gasteiger partial charge on any atom is 0.255 e. The van der Waals surface area contributed by atoms with Gasteiger partial charge in [-0.1, -0.05) is 0 Å². The lowest BCUT2D eigenvalue weighted by atomic mass is 9.80. The average molecular weight is 274 g/mol. The maximum atomic E-state index is 12.3. The highest BCUT2D eigenvalue weighted by atomic mass is 16.3. The number of aryl methyl sites for hydroxylation is 2. The van der Waals surface area contributed by atoms with Gasteiger partial charge in [0, 0.05) is 12.6 Å². The number of hydrogen-bond acceptors (Lipinski definition) is 4. The number of aromatic nitrogens is 3. The summed E-state index contributed by atoms with van der Waals surface area (Å²) in [7, 11) is 0. The third kappa shape index (κ3) is 2.06. The third-order valence-electron chi connectivity index (χ3n) is 4.04. The predicted octanol–water partition coefficient (Wildman–Crippen LogP) is 0.991. The van der Waals surface area contributed by atoms with Gasteiger partial charge in [0.15, 0.2) is 5.65 Å². The molecule has 106 valence electrons. The lowest BCUT2D eigenvalue weighted by Crippen LogP contribution is -2.48. The van der Waals surface area contributed by atoms with Gasteiger partial charge in [-0.25, -0.2) is 9.50 Å². The van der Waals surface area contributed by atoms with E-state index in [9.17, 15) is 9.90 Å². The Kier molecular flexibility index (Phi) is 2.97. The van der Waals surface area contributed by atoms with Crippen LogP contribution in [0.5, 0.6) is 0 Å². The lowest BCUT2D eigenvalue weighted by molar-refractivity contribution is -0.0300. The van der Waals surface area contributed by atoms with E-state index in [1.54, 1.807) is 16.8 Å². The van der Waals surface area contributed by atoms with Gasteiger partial charge in [0.2, 0.25) is 0 Å². The van der Waals surface area contributed by atoms with Crippen molar-refractivity contribution in [3.63, 3.8) is 0 Å². The zero-order valence-corrected chi connectivity index (χ0v) is 11.7. The van der Waals surface area contributed by atoms with Crippen molar-refractivity contribution in [2.24, 2.45) is 0 Å². The molecule has 1 aliphatic rings. The molecule has 2 aromatic heterocycles. The van der Waals surface area contributed by atoms with Gasteiger partial charge in [-0.3, -0.25) is 4.79 Å². The Hall–Kier alpha value is -1.95. The predicted molar refractivity (Wildman–Crippen MR) is 73.6 cm³/mol. The zero-order valence-electron chi connectivity index (χ0n) is 11.7. The molecular weight excluding hydrogens is 256 g/mol. The van der Waals surface area contributed by atoms with Crippen molar-refractivity contribution in [2.75, 3.05) is 6.54 Å². The van der Waals surface area contributed by atoms with Gasteiger partial charge < -0.3 is 10.4 Å². The summed E-state index contributed by atoms with van der Waals surface area (Å²) in [6, 6.07) is 1.80. The van der Waals surface area contributed by atoms with Crippen LogP contribution in [-0.2, 0) is 0 Å². The van der Waals surface area contributed by atoms with Crippen molar-refractivity contribution in [1.29, 1.82) is 0 Å². The summed E-state index contributed by atoms with van der Waals surface area (Å²) in [6.07, 6.45) is 4.18. The first-order valence-corrected chi connectivity index (χ1v) is 6.82. The number of carbonyl (C=O) groups is 1. The number of carbonyl (C=O) groups excluding carboxylic acids is 1. The number of rotatable bonds is 3. The van der Waals surface area contributed by atoms with E-state index in [1.807, 2.05) is 13.8 Å². The van der Waals surface area contributed by atoms with Crippen LogP contribution in [0.2, 0.25) is 0 Å². The molecule has 2 aromatic rings. The topological polar surface area (TPSA) is 79.5 Å². The third-order valence-corrected chi connectivity index (χ3v) is 4.04. The summed E-state index contributed by atoms with van der Waals surface area (Å²) in [4.78, 5) is 16.7. The highest BCUT2D eigenvalue weighted by Crippen LogP contribution is 2.30. The molecule has 3 rings (SSSR count). The van der Waals surface area contributed by atoms with Gasteiger partial charge in [-0.05, 0) is 33.1 Å². The summed E-state index contributed by atoms with van der Waals surface area (Å²) in [5.74, 6) is -0.203. The number of nitrogens with one attached hydrogen (secondary N) is 1. The summed E-state index contributed by atoms with van der Waals surface area (Å²) >= 11 is 0. The molecule has 0 atom stereocenters. The molecule has 1 fully saturated rings. The van der Waals surface area contributed by atoms with Crippen molar-refractivity contribution in [3.8, 4) is 0 Å². The van der Waals surface area contributed by atoms with Crippen molar-refractivity contribution in [2.45, 2.75) is 38.7 Å². The van der Waals surface area contributed by atoms with Gasteiger partial charge >= 0.3 is 0 Å². The number of aliphatic hydroxyl groups is 1. The monoisotopic (exact) mass is 274 g/mol. The summed E-state index contributed by atoms with van der Waals surface area (Å²) < 4.78 is 1.65. The van der Waals surface area contributed by atoms with E-state index >= 15 is 0 Å². The Bertz CT molecular complexity index is 673. The first kappa shape index (κ1) is 13.1. The molecule has 0 radical (unpaired) electrons. The van der Waals surface area contributed by atoms with Crippen molar-refractivity contribution in [1.82, 2.24) is 19.9 Å². The Morgan fingerprint density at radius 2 is 2.25 bits per heavy atom. The molecule has 2 heterocycles. The van der Waals surface area contributed by atoms with E-state index in [0.29, 0.717) is 17.8 Å². The summed E-state index contributed by atoms with van der Waals surface area (Å²) in [5, 5.41) is 17.0. The first-order valence-electron chi connectivity index (χ1n) is 6.82. The molecule has 20 heavy (non-hydrogen) atoms. The molecular formula is C14H18N4O2. The highest BCUT2D eigenvalue weighted by Gasteiger charge is 2.34. The molecule has 1 saturated carbocycles. The summed E-state index contributed by atoms with van der Waals surface area (Å²) in [6.45, 7) is 3.95. The van der Waals surface area contributed by atoms with Crippen molar-refractivity contribution < 1.29 is 9.90 Å². The molecule has 0 spiro atoms. The molecule has 2 N–H and O–H groups in total. The standard InChI is InChI=1S/C14H18N4O2/c1-9-12(10(2)18-11(17-9)4-7-16-18)13(19)15-8-14(20)5-3-6-14/h4,7,20H,3,5-6,8H2,1-2H3,(H,15,19). The normalized spacial score (nSPS) is 16.9. The Balaban J connectivity index is 1.86. The van der Waals surface area contributed by atoms with E-state index in [1.165, 1.54) is 0 Å². The van der Waals surface area contributed by atoms with Crippen LogP contribution in [0, 0.1) is 13.8 Å². The fourth-order valence-electron chi connectivity index (χ4n) is 2.66. The van der Waals surface area contributed by atoms with E-state index in [4.69, 9.17) is 0 Å². The van der Waals surface area contributed by atoms with Crippen LogP contribution < -0.4 is 5.32 Å². The number of hydrogen-bond donors (Lipinski definition) is 2. The molecule has 0 bridgehead atoms. The van der Waals surface area contributed by atoms with Gasteiger partial charge in [0.1, 0.15) is 0 Å². The van der Waals surface area contributed by atoms with Crippen molar-refractivity contribution >= 4 is 11.6 Å². The SMILES string of the molecule is Cc1nc2ccnn2c(C)c1C(=O)NCC1(O)CCC1. The second kappa shape index (κ2) is 4.56. The van der Waals surface area contributed by atoms with Gasteiger partial charge in [-0.2, -0.15) is 5.10 Å². The quantitative estimate of drug-likeness (QED) is 0.874.